The lowest BCUT2D eigenvalue weighted by Crippen LogP contribution is -2.52. The zero-order valence-corrected chi connectivity index (χ0v) is 28.7. The maximum absolute atomic E-state index is 15.7. The quantitative estimate of drug-likeness (QED) is 0.128. The normalized spacial score (nSPS) is 12.1. The van der Waals surface area contributed by atoms with E-state index in [0.29, 0.717) is 16.1 Å². The van der Waals surface area contributed by atoms with E-state index in [1.165, 1.54) is 30.8 Å². The average Bonchev–Trinajstić information content (AvgIpc) is 3.34. The van der Waals surface area contributed by atoms with E-state index >= 15 is 8.78 Å². The third-order valence-corrected chi connectivity index (χ3v) is 8.58. The number of anilines is 1. The van der Waals surface area contributed by atoms with Gasteiger partial charge in [-0.25, -0.2) is 31.8 Å². The topological polar surface area (TPSA) is 146 Å². The van der Waals surface area contributed by atoms with Gasteiger partial charge in [0.05, 0.1) is 22.6 Å². The zero-order chi connectivity index (χ0) is 35.6. The zero-order valence-electron chi connectivity index (χ0n) is 27.1. The summed E-state index contributed by atoms with van der Waals surface area (Å²) in [6.07, 6.45) is 2.12. The maximum Gasteiger partial charge on any atom is 0.408 e. The Morgan fingerprint density at radius 2 is 1.67 bits per heavy atom. The number of pyridine rings is 1. The predicted octanol–water partition coefficient (Wildman–Crippen LogP) is 6.82. The minimum absolute atomic E-state index is 0.127. The van der Waals surface area contributed by atoms with Crippen LogP contribution in [0.2, 0.25) is 5.02 Å². The molecule has 4 aromatic rings. The Bertz CT molecular complexity index is 1990. The van der Waals surface area contributed by atoms with Crippen LogP contribution in [0.3, 0.4) is 0 Å². The molecule has 48 heavy (non-hydrogen) atoms. The molecule has 0 fully saturated rings. The lowest BCUT2D eigenvalue weighted by Gasteiger charge is -2.27. The van der Waals surface area contributed by atoms with Crippen LogP contribution < -0.4 is 10.0 Å². The Kier molecular flexibility index (Phi) is 10.5. The number of halogens is 3. The number of ether oxygens (including phenoxy) is 2. The summed E-state index contributed by atoms with van der Waals surface area (Å²) in [6, 6.07) is 10.0. The highest BCUT2D eigenvalue weighted by molar-refractivity contribution is 7.92. The maximum atomic E-state index is 15.7. The molecule has 2 aromatic carbocycles. The van der Waals surface area contributed by atoms with Gasteiger partial charge in [0.25, 0.3) is 0 Å². The number of hydrogen-bond acceptors (Lipinski definition) is 8. The molecule has 4 rings (SSSR count). The number of rotatable bonds is 11. The predicted molar refractivity (Wildman–Crippen MR) is 177 cm³/mol. The third kappa shape index (κ3) is 8.47. The lowest BCUT2D eigenvalue weighted by atomic mass is 10.00. The third-order valence-electron chi connectivity index (χ3n) is 6.85. The summed E-state index contributed by atoms with van der Waals surface area (Å²) < 4.78 is 69.5. The molecule has 2 heterocycles. The second-order valence-corrected chi connectivity index (χ2v) is 14.7. The summed E-state index contributed by atoms with van der Waals surface area (Å²) in [7, 11) is -3.97. The van der Waals surface area contributed by atoms with Crippen molar-refractivity contribution < 1.29 is 41.1 Å². The molecule has 15 heteroatoms. The van der Waals surface area contributed by atoms with Crippen molar-refractivity contribution in [1.82, 2.24) is 14.9 Å². The number of fused-ring (bicyclic) bond motifs is 1. The van der Waals surface area contributed by atoms with Crippen LogP contribution >= 0.6 is 11.6 Å². The highest BCUT2D eigenvalue weighted by atomic mass is 35.5. The molecule has 0 bridgehead atoms. The Morgan fingerprint density at radius 3 is 2.29 bits per heavy atom. The Morgan fingerprint density at radius 1 is 1.00 bits per heavy atom. The number of carbonyl (C=O) groups excluding carboxylic acids is 3. The van der Waals surface area contributed by atoms with Gasteiger partial charge in [0.2, 0.25) is 15.8 Å². The monoisotopic (exact) mass is 704 g/mol. The second kappa shape index (κ2) is 13.9. The van der Waals surface area contributed by atoms with Crippen LogP contribution in [0, 0.1) is 11.6 Å². The number of nitrogens with zero attached hydrogens (tertiary/aromatic N) is 2. The molecule has 0 unspecified atom stereocenters. The molecule has 0 radical (unpaired) electrons. The van der Waals surface area contributed by atoms with E-state index in [0.717, 1.165) is 12.1 Å². The van der Waals surface area contributed by atoms with Crippen LogP contribution in [0.25, 0.3) is 22.2 Å². The van der Waals surface area contributed by atoms with Gasteiger partial charge in [-0.1, -0.05) is 30.7 Å². The number of alkyl carbamates (subject to hydrolysis) is 1. The minimum Gasteiger partial charge on any atom is -0.444 e. The van der Waals surface area contributed by atoms with Gasteiger partial charge in [-0.3, -0.25) is 14.1 Å². The molecule has 0 spiro atoms. The van der Waals surface area contributed by atoms with Crippen molar-refractivity contribution >= 4 is 56.2 Å². The molecule has 256 valence electrons. The highest BCUT2D eigenvalue weighted by Crippen LogP contribution is 2.31. The van der Waals surface area contributed by atoms with Crippen LogP contribution in [-0.4, -0.2) is 52.7 Å². The second-order valence-electron chi connectivity index (χ2n) is 12.5. The van der Waals surface area contributed by atoms with E-state index in [9.17, 15) is 22.8 Å². The first-order valence-corrected chi connectivity index (χ1v) is 16.8. The van der Waals surface area contributed by atoms with E-state index in [1.54, 1.807) is 58.0 Å². The number of esters is 1. The van der Waals surface area contributed by atoms with E-state index in [1.807, 2.05) is 0 Å². The fourth-order valence-electron chi connectivity index (χ4n) is 4.63. The van der Waals surface area contributed by atoms with Crippen LogP contribution in [0.5, 0.6) is 0 Å². The van der Waals surface area contributed by atoms with E-state index in [-0.39, 0.29) is 28.8 Å². The largest absolute Gasteiger partial charge is 0.444 e. The molecule has 11 nitrogen and oxygen atoms in total. The van der Waals surface area contributed by atoms with Crippen molar-refractivity contribution in [2.45, 2.75) is 65.8 Å². The van der Waals surface area contributed by atoms with Crippen molar-refractivity contribution in [2.75, 3.05) is 10.5 Å². The van der Waals surface area contributed by atoms with Gasteiger partial charge in [0.15, 0.2) is 12.5 Å². The molecule has 0 atom stereocenters. The summed E-state index contributed by atoms with van der Waals surface area (Å²) in [5, 5.41) is 3.09. The first-order valence-electron chi connectivity index (χ1n) is 14.8. The first kappa shape index (κ1) is 36.3. The number of amides is 1. The molecule has 0 aliphatic rings. The Hall–Kier alpha value is -4.56. The van der Waals surface area contributed by atoms with E-state index in [4.69, 9.17) is 21.1 Å². The van der Waals surface area contributed by atoms with Gasteiger partial charge < -0.3 is 14.8 Å². The SMILES string of the molecule is CCCS(=O)(=O)Nc1ccc(F)c(C(=O)c2cn(COC(=O)C(C)(C)NC(=O)OC(C)(C)C)c3ncc(-c4ccc(Cl)cc4)cc23)c1F. The summed E-state index contributed by atoms with van der Waals surface area (Å²) in [5.41, 5.74) is -2.81. The highest BCUT2D eigenvalue weighted by Gasteiger charge is 2.34. The fraction of sp³-hybridized carbons (Fsp3) is 0.333. The van der Waals surface area contributed by atoms with Gasteiger partial charge in [0.1, 0.15) is 22.6 Å². The van der Waals surface area contributed by atoms with Gasteiger partial charge >= 0.3 is 12.1 Å². The molecule has 2 aromatic heterocycles. The number of sulfonamides is 1. The first-order chi connectivity index (χ1) is 22.3. The summed E-state index contributed by atoms with van der Waals surface area (Å²) in [5.74, 6) is -4.91. The van der Waals surface area contributed by atoms with Gasteiger partial charge in [-0.2, -0.15) is 0 Å². The van der Waals surface area contributed by atoms with Crippen LogP contribution in [-0.2, 0) is 31.0 Å². The number of benzene rings is 2. The summed E-state index contributed by atoms with van der Waals surface area (Å²) in [6.45, 7) is 8.93. The van der Waals surface area contributed by atoms with Crippen LogP contribution in [0.1, 0.15) is 63.9 Å². The Balaban J connectivity index is 1.75. The number of aromatic nitrogens is 2. The van der Waals surface area contributed by atoms with Gasteiger partial charge in [0, 0.05) is 28.4 Å². The van der Waals surface area contributed by atoms with Crippen molar-refractivity contribution in [3.05, 3.63) is 82.6 Å². The smallest absolute Gasteiger partial charge is 0.408 e. The molecule has 0 aliphatic heterocycles. The van der Waals surface area contributed by atoms with Crippen molar-refractivity contribution in [1.29, 1.82) is 0 Å². The summed E-state index contributed by atoms with van der Waals surface area (Å²) in [4.78, 5) is 43.7. The number of ketones is 1. The van der Waals surface area contributed by atoms with E-state index < -0.39 is 68.6 Å². The molecule has 0 saturated carbocycles. The van der Waals surface area contributed by atoms with Crippen molar-refractivity contribution in [3.63, 3.8) is 0 Å². The average molecular weight is 705 g/mol. The number of nitrogens with one attached hydrogen (secondary N) is 2. The standard InChI is InChI=1S/C33H35ClF2N4O7S/c1-7-14-48(44,45)39-25-13-12-24(35)26(27(25)36)28(41)23-17-40(18-46-30(42)33(5,6)38-31(43)47-32(2,3)4)29-22(23)15-20(16-37-29)19-8-10-21(34)11-9-19/h8-13,15-17,39H,7,14,18H2,1-6H3,(H,38,43). The number of hydrogen-bond donors (Lipinski definition) is 2. The molecular weight excluding hydrogens is 670 g/mol. The van der Waals surface area contributed by atoms with Crippen LogP contribution in [0.4, 0.5) is 19.3 Å². The molecule has 1 amide bonds. The van der Waals surface area contributed by atoms with Crippen molar-refractivity contribution in [2.24, 2.45) is 0 Å². The lowest BCUT2D eigenvalue weighted by molar-refractivity contribution is -0.154. The molecule has 2 N–H and O–H groups in total. The van der Waals surface area contributed by atoms with Crippen LogP contribution in [0.15, 0.2) is 54.9 Å². The van der Waals surface area contributed by atoms with E-state index in [2.05, 4.69) is 15.0 Å². The van der Waals surface area contributed by atoms with Gasteiger partial charge in [-0.15, -0.1) is 0 Å². The fourth-order valence-corrected chi connectivity index (χ4v) is 5.89. The minimum atomic E-state index is -3.97. The van der Waals surface area contributed by atoms with Gasteiger partial charge in [-0.05, 0) is 76.9 Å². The van der Waals surface area contributed by atoms with Crippen molar-refractivity contribution in [3.8, 4) is 11.1 Å². The molecule has 0 aliphatic carbocycles. The molecular formula is C33H35ClF2N4O7S. The number of carbonyl (C=O) groups is 3. The molecule has 0 saturated heterocycles. The summed E-state index contributed by atoms with van der Waals surface area (Å²) >= 11 is 6.03. The Labute approximate surface area is 281 Å².